The van der Waals surface area contributed by atoms with Crippen molar-refractivity contribution in [3.05, 3.63) is 83.9 Å². The highest BCUT2D eigenvalue weighted by Crippen LogP contribution is 2.24. The summed E-state index contributed by atoms with van der Waals surface area (Å²) < 4.78 is 37.1. The predicted octanol–water partition coefficient (Wildman–Crippen LogP) is 3.66. The Balaban J connectivity index is 1.69. The predicted molar refractivity (Wildman–Crippen MR) is 117 cm³/mol. The Morgan fingerprint density at radius 2 is 1.67 bits per heavy atom. The number of aromatic nitrogens is 2. The zero-order valence-corrected chi connectivity index (χ0v) is 17.6. The number of amides is 1. The summed E-state index contributed by atoms with van der Waals surface area (Å²) in [5.74, 6) is -0.489. The van der Waals surface area contributed by atoms with E-state index in [0.717, 1.165) is 17.3 Å². The van der Waals surface area contributed by atoms with Crippen molar-refractivity contribution < 1.29 is 13.2 Å². The molecule has 3 aromatic carbocycles. The van der Waals surface area contributed by atoms with Gasteiger partial charge in [0.1, 0.15) is 22.0 Å². The number of nitrogens with one attached hydrogen (secondary N) is 2. The fourth-order valence-corrected chi connectivity index (χ4v) is 4.94. The number of rotatable bonds is 6. The van der Waals surface area contributed by atoms with Crippen LogP contribution in [0.3, 0.4) is 0 Å². The molecule has 0 aliphatic heterocycles. The van der Waals surface area contributed by atoms with Gasteiger partial charge in [-0.3, -0.25) is 4.79 Å². The fraction of sp³-hybridized carbons (Fsp3) is 0.0952. The molecule has 0 aliphatic rings. The zero-order chi connectivity index (χ0) is 21.1. The molecular weight excluding hydrogens is 420 g/mol. The number of hydrogen-bond donors (Lipinski definition) is 2. The second-order valence-corrected chi connectivity index (χ2v) is 8.92. The first kappa shape index (κ1) is 20.1. The molecule has 4 aromatic rings. The van der Waals surface area contributed by atoms with E-state index in [2.05, 4.69) is 18.8 Å². The summed E-state index contributed by atoms with van der Waals surface area (Å²) in [7, 11) is -4.05. The lowest BCUT2D eigenvalue weighted by atomic mass is 10.1. The highest BCUT2D eigenvalue weighted by Gasteiger charge is 2.29. The molecular formula is C21H18N4O3S2. The lowest BCUT2D eigenvalue weighted by Gasteiger charge is -2.19. The minimum absolute atomic E-state index is 0.0159. The second kappa shape index (κ2) is 8.31. The normalized spacial score (nSPS) is 12.6. The summed E-state index contributed by atoms with van der Waals surface area (Å²) in [5, 5.41) is 2.78. The first-order valence-corrected chi connectivity index (χ1v) is 11.3. The lowest BCUT2D eigenvalue weighted by molar-refractivity contribution is -0.117. The van der Waals surface area contributed by atoms with Gasteiger partial charge in [0.25, 0.3) is 0 Å². The van der Waals surface area contributed by atoms with Crippen molar-refractivity contribution in [2.24, 2.45) is 0 Å². The minimum atomic E-state index is -4.05. The van der Waals surface area contributed by atoms with Gasteiger partial charge in [-0.05, 0) is 36.8 Å². The SMILES string of the molecule is Cc1ccc(NC(=O)C(NS(=O)(=O)c2cccc3nsnc23)c2ccccc2)cc1. The summed E-state index contributed by atoms with van der Waals surface area (Å²) >= 11 is 0.936. The molecule has 0 radical (unpaired) electrons. The number of anilines is 1. The molecule has 0 spiro atoms. The van der Waals surface area contributed by atoms with Crippen LogP contribution in [0.4, 0.5) is 5.69 Å². The number of aryl methyl sites for hydroxylation is 1. The molecule has 1 heterocycles. The van der Waals surface area contributed by atoms with Gasteiger partial charge < -0.3 is 5.32 Å². The maximum Gasteiger partial charge on any atom is 0.247 e. The Morgan fingerprint density at radius 3 is 2.40 bits per heavy atom. The second-order valence-electron chi connectivity index (χ2n) is 6.71. The molecule has 0 fully saturated rings. The summed E-state index contributed by atoms with van der Waals surface area (Å²) in [6.45, 7) is 1.94. The van der Waals surface area contributed by atoms with Gasteiger partial charge in [-0.15, -0.1) is 0 Å². The molecule has 1 unspecified atom stereocenters. The number of fused-ring (bicyclic) bond motifs is 1. The number of hydrogen-bond acceptors (Lipinski definition) is 6. The Labute approximate surface area is 178 Å². The van der Waals surface area contributed by atoms with Crippen molar-refractivity contribution in [2.45, 2.75) is 17.9 Å². The molecule has 0 saturated heterocycles. The zero-order valence-electron chi connectivity index (χ0n) is 15.9. The van der Waals surface area contributed by atoms with Crippen LogP contribution in [0.15, 0.2) is 77.7 Å². The number of carbonyl (C=O) groups is 1. The van der Waals surface area contributed by atoms with Crippen molar-refractivity contribution in [1.29, 1.82) is 0 Å². The average molecular weight is 439 g/mol. The van der Waals surface area contributed by atoms with Crippen LogP contribution in [-0.4, -0.2) is 23.1 Å². The Hall–Kier alpha value is -3.14. The topological polar surface area (TPSA) is 101 Å². The van der Waals surface area contributed by atoms with E-state index < -0.39 is 22.0 Å². The molecule has 0 bridgehead atoms. The van der Waals surface area contributed by atoms with E-state index in [-0.39, 0.29) is 10.4 Å². The third-order valence-corrected chi connectivity index (χ3v) is 6.52. The smallest absolute Gasteiger partial charge is 0.247 e. The van der Waals surface area contributed by atoms with Crippen molar-refractivity contribution in [1.82, 2.24) is 13.5 Å². The van der Waals surface area contributed by atoms with E-state index in [1.165, 1.54) is 6.07 Å². The molecule has 0 aliphatic carbocycles. The average Bonchev–Trinajstić information content (AvgIpc) is 3.23. The molecule has 152 valence electrons. The quantitative estimate of drug-likeness (QED) is 0.478. The maximum absolute atomic E-state index is 13.2. The fourth-order valence-electron chi connectivity index (χ4n) is 2.99. The van der Waals surface area contributed by atoms with Gasteiger partial charge in [0.2, 0.25) is 15.9 Å². The summed E-state index contributed by atoms with van der Waals surface area (Å²) in [6.07, 6.45) is 0. The summed E-state index contributed by atoms with van der Waals surface area (Å²) in [5.41, 5.74) is 2.92. The Bertz CT molecular complexity index is 1290. The summed E-state index contributed by atoms with van der Waals surface area (Å²) in [6, 6.07) is 19.6. The van der Waals surface area contributed by atoms with Gasteiger partial charge in [0.05, 0.1) is 11.7 Å². The molecule has 1 amide bonds. The molecule has 7 nitrogen and oxygen atoms in total. The third-order valence-electron chi connectivity index (χ3n) is 4.53. The van der Waals surface area contributed by atoms with E-state index in [4.69, 9.17) is 0 Å². The highest BCUT2D eigenvalue weighted by molar-refractivity contribution is 7.89. The van der Waals surface area contributed by atoms with Crippen LogP contribution in [-0.2, 0) is 14.8 Å². The minimum Gasteiger partial charge on any atom is -0.324 e. The van der Waals surface area contributed by atoms with Crippen molar-refractivity contribution in [3.63, 3.8) is 0 Å². The molecule has 4 rings (SSSR count). The van der Waals surface area contributed by atoms with Crippen molar-refractivity contribution in [3.8, 4) is 0 Å². The van der Waals surface area contributed by atoms with Gasteiger partial charge in [-0.2, -0.15) is 13.5 Å². The highest BCUT2D eigenvalue weighted by atomic mass is 32.2. The number of carbonyl (C=O) groups excluding carboxylic acids is 1. The molecule has 2 N–H and O–H groups in total. The van der Waals surface area contributed by atoms with Crippen LogP contribution in [0.5, 0.6) is 0 Å². The van der Waals surface area contributed by atoms with Crippen LogP contribution >= 0.6 is 11.7 Å². The van der Waals surface area contributed by atoms with Gasteiger partial charge in [0, 0.05) is 5.69 Å². The van der Waals surface area contributed by atoms with E-state index in [1.54, 1.807) is 54.6 Å². The van der Waals surface area contributed by atoms with Gasteiger partial charge in [-0.25, -0.2) is 8.42 Å². The molecule has 1 aromatic heterocycles. The third kappa shape index (κ3) is 4.23. The Morgan fingerprint density at radius 1 is 0.933 bits per heavy atom. The van der Waals surface area contributed by atoms with Gasteiger partial charge in [-0.1, -0.05) is 54.1 Å². The Kier molecular flexibility index (Phi) is 5.58. The van der Waals surface area contributed by atoms with E-state index in [0.29, 0.717) is 16.8 Å². The number of sulfonamides is 1. The van der Waals surface area contributed by atoms with E-state index >= 15 is 0 Å². The molecule has 30 heavy (non-hydrogen) atoms. The van der Waals surface area contributed by atoms with Gasteiger partial charge >= 0.3 is 0 Å². The van der Waals surface area contributed by atoms with Crippen molar-refractivity contribution >= 4 is 44.4 Å². The van der Waals surface area contributed by atoms with Crippen LogP contribution in [0, 0.1) is 6.92 Å². The van der Waals surface area contributed by atoms with E-state index in [9.17, 15) is 13.2 Å². The molecule has 1 atom stereocenters. The largest absolute Gasteiger partial charge is 0.324 e. The standard InChI is InChI=1S/C21H18N4O3S2/c1-14-10-12-16(13-11-14)22-21(26)19(15-6-3-2-4-7-15)25-30(27,28)18-9-5-8-17-20(18)24-29-23-17/h2-13,19,25H,1H3,(H,22,26). The van der Waals surface area contributed by atoms with Crippen LogP contribution in [0.1, 0.15) is 17.2 Å². The van der Waals surface area contributed by atoms with E-state index in [1.807, 2.05) is 19.1 Å². The van der Waals surface area contributed by atoms with Crippen LogP contribution in [0.2, 0.25) is 0 Å². The monoisotopic (exact) mass is 438 g/mol. The van der Waals surface area contributed by atoms with Gasteiger partial charge in [0.15, 0.2) is 0 Å². The first-order valence-electron chi connectivity index (χ1n) is 9.10. The summed E-state index contributed by atoms with van der Waals surface area (Å²) in [4.78, 5) is 13.0. The number of benzene rings is 3. The van der Waals surface area contributed by atoms with Crippen LogP contribution in [0.25, 0.3) is 11.0 Å². The first-order chi connectivity index (χ1) is 14.4. The van der Waals surface area contributed by atoms with Crippen LogP contribution < -0.4 is 10.0 Å². The number of nitrogens with zero attached hydrogens (tertiary/aromatic N) is 2. The molecule has 9 heteroatoms. The van der Waals surface area contributed by atoms with Crippen molar-refractivity contribution in [2.75, 3.05) is 5.32 Å². The maximum atomic E-state index is 13.2. The lowest BCUT2D eigenvalue weighted by Crippen LogP contribution is -2.37. The molecule has 0 saturated carbocycles.